The highest BCUT2D eigenvalue weighted by Crippen LogP contribution is 2.35. The Morgan fingerprint density at radius 2 is 2.10 bits per heavy atom. The lowest BCUT2D eigenvalue weighted by atomic mass is 9.97. The van der Waals surface area contributed by atoms with E-state index >= 15 is 0 Å². The third-order valence-corrected chi connectivity index (χ3v) is 3.80. The lowest BCUT2D eigenvalue weighted by molar-refractivity contribution is -0.175. The minimum Gasteiger partial charge on any atom is -0.384 e. The zero-order valence-corrected chi connectivity index (χ0v) is 11.4. The maximum atomic E-state index is 12.8. The summed E-state index contributed by atoms with van der Waals surface area (Å²) in [5, 5.41) is 7.62. The second kappa shape index (κ2) is 5.52. The van der Waals surface area contributed by atoms with Gasteiger partial charge in [-0.3, -0.25) is 5.41 Å². The Morgan fingerprint density at radius 1 is 1.40 bits per heavy atom. The molecule has 3 nitrogen and oxygen atoms in total. The van der Waals surface area contributed by atoms with Crippen LogP contribution in [0.15, 0.2) is 18.2 Å². The fourth-order valence-corrected chi connectivity index (χ4v) is 2.67. The highest BCUT2D eigenvalue weighted by Gasteiger charge is 2.41. The maximum absolute atomic E-state index is 12.8. The minimum atomic E-state index is -4.16. The van der Waals surface area contributed by atoms with Crippen molar-refractivity contribution < 1.29 is 13.2 Å². The van der Waals surface area contributed by atoms with Crippen molar-refractivity contribution in [3.05, 3.63) is 28.8 Å². The molecular weight excluding hydrogens is 291 g/mol. The summed E-state index contributed by atoms with van der Waals surface area (Å²) in [5.41, 5.74) is 6.38. The Balaban J connectivity index is 2.19. The normalized spacial score (nSPS) is 20.0. The van der Waals surface area contributed by atoms with Crippen LogP contribution in [0.1, 0.15) is 18.4 Å². The van der Waals surface area contributed by atoms with E-state index in [1.807, 2.05) is 0 Å². The Kier molecular flexibility index (Phi) is 4.13. The number of hydrogen-bond acceptors (Lipinski definition) is 2. The average molecular weight is 306 g/mol. The molecule has 1 aromatic rings. The summed E-state index contributed by atoms with van der Waals surface area (Å²) in [6.45, 7) is 0.515. The van der Waals surface area contributed by atoms with Crippen LogP contribution in [0.4, 0.5) is 18.9 Å². The molecule has 0 amide bonds. The van der Waals surface area contributed by atoms with Crippen LogP contribution in [-0.4, -0.2) is 25.1 Å². The number of nitrogens with two attached hydrogens (primary N) is 1. The summed E-state index contributed by atoms with van der Waals surface area (Å²) in [6, 6.07) is 4.79. The van der Waals surface area contributed by atoms with Crippen molar-refractivity contribution in [3.63, 3.8) is 0 Å². The first kappa shape index (κ1) is 15.0. The molecule has 1 unspecified atom stereocenters. The van der Waals surface area contributed by atoms with Gasteiger partial charge in [0, 0.05) is 24.3 Å². The molecule has 1 heterocycles. The van der Waals surface area contributed by atoms with Crippen LogP contribution < -0.4 is 10.6 Å². The maximum Gasteiger partial charge on any atom is 0.393 e. The molecule has 1 aliphatic rings. The van der Waals surface area contributed by atoms with Gasteiger partial charge in [0.15, 0.2) is 0 Å². The van der Waals surface area contributed by atoms with Gasteiger partial charge in [-0.2, -0.15) is 13.2 Å². The Labute approximate surface area is 120 Å². The minimum absolute atomic E-state index is 0.0563. The van der Waals surface area contributed by atoms with Gasteiger partial charge in [0.1, 0.15) is 5.84 Å². The van der Waals surface area contributed by atoms with E-state index in [2.05, 4.69) is 0 Å². The van der Waals surface area contributed by atoms with E-state index in [1.54, 1.807) is 23.1 Å². The van der Waals surface area contributed by atoms with Crippen LogP contribution in [0.25, 0.3) is 0 Å². The number of nitrogens with one attached hydrogen (secondary N) is 1. The second-order valence-corrected chi connectivity index (χ2v) is 5.31. The monoisotopic (exact) mass is 305 g/mol. The number of halogens is 4. The van der Waals surface area contributed by atoms with Gasteiger partial charge in [-0.25, -0.2) is 0 Å². The quantitative estimate of drug-likeness (QED) is 0.650. The van der Waals surface area contributed by atoms with Gasteiger partial charge < -0.3 is 10.6 Å². The zero-order chi connectivity index (χ0) is 14.9. The van der Waals surface area contributed by atoms with Crippen LogP contribution in [-0.2, 0) is 0 Å². The SMILES string of the molecule is N=C(N)c1ccc(N2CCCC(C(F)(F)F)C2)cc1Cl. The van der Waals surface area contributed by atoms with E-state index in [0.29, 0.717) is 24.2 Å². The van der Waals surface area contributed by atoms with Gasteiger partial charge in [-0.15, -0.1) is 0 Å². The van der Waals surface area contributed by atoms with Crippen molar-refractivity contribution in [2.75, 3.05) is 18.0 Å². The zero-order valence-electron chi connectivity index (χ0n) is 10.7. The average Bonchev–Trinajstić information content (AvgIpc) is 2.37. The van der Waals surface area contributed by atoms with Crippen LogP contribution in [0, 0.1) is 11.3 Å². The molecule has 0 bridgehead atoms. The number of alkyl halides is 3. The highest BCUT2D eigenvalue weighted by atomic mass is 35.5. The standard InChI is InChI=1S/C13H15ClF3N3/c14-11-6-9(3-4-10(11)12(18)19)20-5-1-2-8(7-20)13(15,16)17/h3-4,6,8H,1-2,5,7H2,(H3,18,19). The molecule has 0 radical (unpaired) electrons. The van der Waals surface area contributed by atoms with Crippen molar-refractivity contribution in [1.82, 2.24) is 0 Å². The molecule has 1 atom stereocenters. The number of nitrogens with zero attached hydrogens (tertiary/aromatic N) is 1. The number of hydrogen-bond donors (Lipinski definition) is 2. The van der Waals surface area contributed by atoms with E-state index in [4.69, 9.17) is 22.7 Å². The molecule has 0 spiro atoms. The molecule has 110 valence electrons. The largest absolute Gasteiger partial charge is 0.393 e. The van der Waals surface area contributed by atoms with E-state index in [1.165, 1.54) is 0 Å². The predicted octanol–water partition coefficient (Wildman–Crippen LogP) is 3.40. The lowest BCUT2D eigenvalue weighted by Crippen LogP contribution is -2.41. The number of benzene rings is 1. The van der Waals surface area contributed by atoms with Crippen LogP contribution in [0.5, 0.6) is 0 Å². The van der Waals surface area contributed by atoms with Crippen LogP contribution in [0.2, 0.25) is 5.02 Å². The fourth-order valence-electron chi connectivity index (χ4n) is 2.40. The van der Waals surface area contributed by atoms with Gasteiger partial charge in [-0.05, 0) is 31.0 Å². The fraction of sp³-hybridized carbons (Fsp3) is 0.462. The summed E-state index contributed by atoms with van der Waals surface area (Å²) in [5.74, 6) is -1.46. The second-order valence-electron chi connectivity index (χ2n) is 4.90. The van der Waals surface area contributed by atoms with E-state index in [9.17, 15) is 13.2 Å². The van der Waals surface area contributed by atoms with Crippen LogP contribution >= 0.6 is 11.6 Å². The smallest absolute Gasteiger partial charge is 0.384 e. The molecule has 0 aromatic heterocycles. The van der Waals surface area contributed by atoms with Crippen molar-refractivity contribution in [2.45, 2.75) is 19.0 Å². The summed E-state index contributed by atoms with van der Waals surface area (Å²) in [4.78, 5) is 1.68. The molecule has 3 N–H and O–H groups in total. The molecule has 1 saturated heterocycles. The first-order chi connectivity index (χ1) is 9.29. The molecule has 1 fully saturated rings. The van der Waals surface area contributed by atoms with Gasteiger partial charge in [0.2, 0.25) is 0 Å². The molecule has 20 heavy (non-hydrogen) atoms. The van der Waals surface area contributed by atoms with Gasteiger partial charge >= 0.3 is 6.18 Å². The number of amidine groups is 1. The van der Waals surface area contributed by atoms with Crippen LogP contribution in [0.3, 0.4) is 0 Å². The lowest BCUT2D eigenvalue weighted by Gasteiger charge is -2.35. The van der Waals surface area contributed by atoms with Crippen molar-refractivity contribution in [2.24, 2.45) is 11.7 Å². The van der Waals surface area contributed by atoms with Crippen molar-refractivity contribution in [3.8, 4) is 0 Å². The summed E-state index contributed by atoms with van der Waals surface area (Å²) < 4.78 is 38.3. The Morgan fingerprint density at radius 3 is 2.65 bits per heavy atom. The molecule has 7 heteroatoms. The Bertz CT molecular complexity index is 516. The van der Waals surface area contributed by atoms with Gasteiger partial charge in [-0.1, -0.05) is 11.6 Å². The molecule has 2 rings (SSSR count). The third-order valence-electron chi connectivity index (χ3n) is 3.49. The summed E-state index contributed by atoms with van der Waals surface area (Å²) in [7, 11) is 0. The summed E-state index contributed by atoms with van der Waals surface area (Å²) >= 11 is 6.00. The Hall–Kier alpha value is -1.43. The first-order valence-corrected chi connectivity index (χ1v) is 6.62. The topological polar surface area (TPSA) is 53.1 Å². The highest BCUT2D eigenvalue weighted by molar-refractivity contribution is 6.34. The number of nitrogen functional groups attached to an aromatic ring is 1. The molecular formula is C13H15ClF3N3. The van der Waals surface area contributed by atoms with Crippen molar-refractivity contribution in [1.29, 1.82) is 5.41 Å². The summed E-state index contributed by atoms with van der Waals surface area (Å²) in [6.07, 6.45) is -3.50. The number of rotatable bonds is 2. The first-order valence-electron chi connectivity index (χ1n) is 6.24. The van der Waals surface area contributed by atoms with Gasteiger partial charge in [0.05, 0.1) is 10.9 Å². The van der Waals surface area contributed by atoms with E-state index in [0.717, 1.165) is 0 Å². The van der Waals surface area contributed by atoms with E-state index in [-0.39, 0.29) is 23.8 Å². The molecule has 0 saturated carbocycles. The number of piperidine rings is 1. The molecule has 0 aliphatic carbocycles. The molecule has 1 aliphatic heterocycles. The predicted molar refractivity (Wildman–Crippen MR) is 73.5 cm³/mol. The van der Waals surface area contributed by atoms with Crippen molar-refractivity contribution >= 4 is 23.1 Å². The van der Waals surface area contributed by atoms with E-state index < -0.39 is 12.1 Å². The molecule has 1 aromatic carbocycles. The van der Waals surface area contributed by atoms with Gasteiger partial charge in [0.25, 0.3) is 0 Å². The number of anilines is 1. The third kappa shape index (κ3) is 3.17.